The summed E-state index contributed by atoms with van der Waals surface area (Å²) in [5.41, 5.74) is 0.562. The zero-order valence-electron chi connectivity index (χ0n) is 10.6. The predicted molar refractivity (Wildman–Crippen MR) is 70.0 cm³/mol. The van der Waals surface area contributed by atoms with Gasteiger partial charge in [-0.15, -0.1) is 0 Å². The minimum Gasteiger partial charge on any atom is -0.481 e. The van der Waals surface area contributed by atoms with Crippen LogP contribution in [0.5, 0.6) is 11.5 Å². The Morgan fingerprint density at radius 1 is 1.32 bits per heavy atom. The summed E-state index contributed by atoms with van der Waals surface area (Å²) in [6.07, 6.45) is 3.90. The highest BCUT2D eigenvalue weighted by atomic mass is 35.5. The van der Waals surface area contributed by atoms with Crippen molar-refractivity contribution >= 4 is 17.6 Å². The number of aliphatic carboxylic acids is 1. The van der Waals surface area contributed by atoms with Crippen molar-refractivity contribution in [2.24, 2.45) is 0 Å². The van der Waals surface area contributed by atoms with Crippen LogP contribution in [-0.4, -0.2) is 16.9 Å². The summed E-state index contributed by atoms with van der Waals surface area (Å²) in [5.74, 6) is -0.892. The first-order chi connectivity index (χ1) is 9.01. The molecule has 3 rings (SSSR count). The van der Waals surface area contributed by atoms with E-state index in [2.05, 4.69) is 0 Å². The molecular formula is C14H15ClO4. The van der Waals surface area contributed by atoms with Gasteiger partial charge in [-0.3, -0.25) is 4.79 Å². The largest absolute Gasteiger partial charge is 0.481 e. The summed E-state index contributed by atoms with van der Waals surface area (Å²) in [6, 6.07) is 3.36. The summed E-state index contributed by atoms with van der Waals surface area (Å²) in [4.78, 5) is 11.1. The first kappa shape index (κ1) is 12.6. The minimum absolute atomic E-state index is 0.410. The second-order valence-electron chi connectivity index (χ2n) is 5.20. The van der Waals surface area contributed by atoms with Crippen LogP contribution in [0.2, 0.25) is 5.02 Å². The van der Waals surface area contributed by atoms with Crippen LogP contribution in [0.15, 0.2) is 12.1 Å². The van der Waals surface area contributed by atoms with E-state index >= 15 is 0 Å². The van der Waals surface area contributed by atoms with E-state index < -0.39 is 17.7 Å². The Labute approximate surface area is 116 Å². The van der Waals surface area contributed by atoms with E-state index in [0.29, 0.717) is 22.1 Å². The van der Waals surface area contributed by atoms with Crippen molar-refractivity contribution in [2.75, 3.05) is 0 Å². The number of carbonyl (C=O) groups is 1. The predicted octanol–water partition coefficient (Wildman–Crippen LogP) is 3.57. The summed E-state index contributed by atoms with van der Waals surface area (Å²) in [7, 11) is 0. The van der Waals surface area contributed by atoms with E-state index in [1.165, 1.54) is 0 Å². The molecule has 19 heavy (non-hydrogen) atoms. The van der Waals surface area contributed by atoms with Gasteiger partial charge in [-0.25, -0.2) is 0 Å². The zero-order valence-corrected chi connectivity index (χ0v) is 11.4. The van der Waals surface area contributed by atoms with E-state index in [1.54, 1.807) is 19.1 Å². The van der Waals surface area contributed by atoms with E-state index in [-0.39, 0.29) is 0 Å². The van der Waals surface area contributed by atoms with Crippen molar-refractivity contribution in [1.82, 2.24) is 0 Å². The number of hydrogen-bond acceptors (Lipinski definition) is 3. The Morgan fingerprint density at radius 2 is 1.89 bits per heavy atom. The molecule has 1 aromatic rings. The van der Waals surface area contributed by atoms with Crippen molar-refractivity contribution in [2.45, 2.75) is 44.3 Å². The van der Waals surface area contributed by atoms with Crippen molar-refractivity contribution < 1.29 is 19.4 Å². The SMILES string of the molecule is CC(C(=O)O)c1cc2c(cc1Cl)OC1(CCCC1)O2. The lowest BCUT2D eigenvalue weighted by Gasteiger charge is -2.21. The maximum Gasteiger partial charge on any atom is 0.310 e. The van der Waals surface area contributed by atoms with Gasteiger partial charge in [0, 0.05) is 23.9 Å². The Morgan fingerprint density at radius 3 is 2.47 bits per heavy atom. The van der Waals surface area contributed by atoms with Crippen LogP contribution in [0.4, 0.5) is 0 Å². The maximum atomic E-state index is 11.1. The first-order valence-electron chi connectivity index (χ1n) is 6.45. The summed E-state index contributed by atoms with van der Waals surface area (Å²) >= 11 is 6.14. The number of hydrogen-bond donors (Lipinski definition) is 1. The van der Waals surface area contributed by atoms with Gasteiger partial charge >= 0.3 is 5.97 Å². The van der Waals surface area contributed by atoms with Gasteiger partial charge < -0.3 is 14.6 Å². The number of halogens is 1. The molecule has 0 amide bonds. The number of rotatable bonds is 2. The molecule has 0 bridgehead atoms. The number of fused-ring (bicyclic) bond motifs is 1. The molecule has 1 unspecified atom stereocenters. The van der Waals surface area contributed by atoms with Crippen molar-refractivity contribution in [1.29, 1.82) is 0 Å². The van der Waals surface area contributed by atoms with Crippen molar-refractivity contribution in [3.05, 3.63) is 22.7 Å². The van der Waals surface area contributed by atoms with E-state index in [0.717, 1.165) is 25.7 Å². The number of carboxylic acid groups (broad SMARTS) is 1. The van der Waals surface area contributed by atoms with Gasteiger partial charge in [0.15, 0.2) is 11.5 Å². The highest BCUT2D eigenvalue weighted by Gasteiger charge is 2.44. The molecule has 1 atom stereocenters. The monoisotopic (exact) mass is 282 g/mol. The van der Waals surface area contributed by atoms with E-state index in [9.17, 15) is 4.79 Å². The molecule has 1 fully saturated rings. The molecule has 5 heteroatoms. The molecule has 1 aliphatic heterocycles. The van der Waals surface area contributed by atoms with Gasteiger partial charge in [0.1, 0.15) is 0 Å². The highest BCUT2D eigenvalue weighted by Crippen LogP contribution is 2.48. The van der Waals surface area contributed by atoms with Crippen LogP contribution in [-0.2, 0) is 4.79 Å². The van der Waals surface area contributed by atoms with E-state index in [1.807, 2.05) is 0 Å². The average Bonchev–Trinajstić information content (AvgIpc) is 2.94. The topological polar surface area (TPSA) is 55.8 Å². The minimum atomic E-state index is -0.906. The molecule has 1 heterocycles. The molecule has 0 aromatic heterocycles. The fraction of sp³-hybridized carbons (Fsp3) is 0.500. The van der Waals surface area contributed by atoms with Gasteiger partial charge in [-0.1, -0.05) is 11.6 Å². The standard InChI is InChI=1S/C14H15ClO4/c1-8(13(16)17)9-6-11-12(7-10(9)15)19-14(18-11)4-2-3-5-14/h6-8H,2-5H2,1H3,(H,16,17). The Balaban J connectivity index is 1.96. The van der Waals surface area contributed by atoms with Crippen LogP contribution in [0.3, 0.4) is 0 Å². The van der Waals surface area contributed by atoms with Gasteiger partial charge in [-0.05, 0) is 31.4 Å². The lowest BCUT2D eigenvalue weighted by Crippen LogP contribution is -2.34. The lowest BCUT2D eigenvalue weighted by atomic mass is 10.0. The molecule has 0 saturated heterocycles. The Kier molecular flexibility index (Phi) is 2.86. The second-order valence-corrected chi connectivity index (χ2v) is 5.61. The zero-order chi connectivity index (χ0) is 13.6. The Hall–Kier alpha value is -1.42. The number of carboxylic acids is 1. The van der Waals surface area contributed by atoms with Crippen LogP contribution in [0, 0.1) is 0 Å². The molecule has 2 aliphatic rings. The van der Waals surface area contributed by atoms with E-state index in [4.69, 9.17) is 26.2 Å². The molecule has 1 N–H and O–H groups in total. The maximum absolute atomic E-state index is 11.1. The second kappa shape index (κ2) is 4.30. The molecular weight excluding hydrogens is 268 g/mol. The summed E-state index contributed by atoms with van der Waals surface area (Å²) in [6.45, 7) is 1.61. The number of benzene rings is 1. The molecule has 1 saturated carbocycles. The summed E-state index contributed by atoms with van der Waals surface area (Å²) < 4.78 is 11.8. The van der Waals surface area contributed by atoms with Crippen LogP contribution in [0.25, 0.3) is 0 Å². The molecule has 0 radical (unpaired) electrons. The molecule has 102 valence electrons. The fourth-order valence-electron chi connectivity index (χ4n) is 2.71. The molecule has 1 aromatic carbocycles. The average molecular weight is 283 g/mol. The van der Waals surface area contributed by atoms with Gasteiger partial charge in [0.2, 0.25) is 0 Å². The van der Waals surface area contributed by atoms with Crippen molar-refractivity contribution in [3.63, 3.8) is 0 Å². The lowest BCUT2D eigenvalue weighted by molar-refractivity contribution is -0.138. The summed E-state index contributed by atoms with van der Waals surface area (Å²) in [5, 5.41) is 9.49. The molecule has 1 aliphatic carbocycles. The fourth-order valence-corrected chi connectivity index (χ4v) is 3.03. The van der Waals surface area contributed by atoms with Crippen LogP contribution in [0.1, 0.15) is 44.1 Å². The molecule has 4 nitrogen and oxygen atoms in total. The smallest absolute Gasteiger partial charge is 0.310 e. The first-order valence-corrected chi connectivity index (χ1v) is 6.83. The quantitative estimate of drug-likeness (QED) is 0.901. The van der Waals surface area contributed by atoms with Crippen molar-refractivity contribution in [3.8, 4) is 11.5 Å². The third kappa shape index (κ3) is 2.04. The number of ether oxygens (including phenoxy) is 2. The van der Waals surface area contributed by atoms with Crippen LogP contribution < -0.4 is 9.47 Å². The van der Waals surface area contributed by atoms with Gasteiger partial charge in [-0.2, -0.15) is 0 Å². The highest BCUT2D eigenvalue weighted by molar-refractivity contribution is 6.31. The third-order valence-electron chi connectivity index (χ3n) is 3.86. The Bertz CT molecular complexity index is 534. The van der Waals surface area contributed by atoms with Gasteiger partial charge in [0.25, 0.3) is 5.79 Å². The van der Waals surface area contributed by atoms with Gasteiger partial charge in [0.05, 0.1) is 5.92 Å². The molecule has 1 spiro atoms. The normalized spacial score (nSPS) is 20.7. The van der Waals surface area contributed by atoms with Crippen LogP contribution >= 0.6 is 11.6 Å². The third-order valence-corrected chi connectivity index (χ3v) is 4.18.